The zero-order valence-electron chi connectivity index (χ0n) is 23.8. The Morgan fingerprint density at radius 2 is 1.41 bits per heavy atom. The van der Waals surface area contributed by atoms with Crippen molar-refractivity contribution in [2.45, 2.75) is 45.1 Å². The molecule has 0 aliphatic carbocycles. The molecule has 1 spiro atoms. The third-order valence-electron chi connectivity index (χ3n) is 6.88. The van der Waals surface area contributed by atoms with Crippen molar-refractivity contribution in [1.82, 2.24) is 14.8 Å². The van der Waals surface area contributed by atoms with Gasteiger partial charge in [0.05, 0.1) is 13.2 Å². The van der Waals surface area contributed by atoms with Crippen LogP contribution < -0.4 is 5.32 Å². The highest BCUT2D eigenvalue weighted by molar-refractivity contribution is 5.89. The molecule has 44 heavy (non-hydrogen) atoms. The number of urea groups is 1. The number of carboxylic acid groups (broad SMARTS) is 2. The summed E-state index contributed by atoms with van der Waals surface area (Å²) in [5.41, 5.74) is 3.55. The predicted molar refractivity (Wildman–Crippen MR) is 146 cm³/mol. The van der Waals surface area contributed by atoms with Crippen molar-refractivity contribution in [3.63, 3.8) is 0 Å². The molecule has 3 heterocycles. The van der Waals surface area contributed by atoms with E-state index in [2.05, 4.69) is 46.4 Å². The van der Waals surface area contributed by atoms with Crippen LogP contribution in [0.4, 0.5) is 36.8 Å². The van der Waals surface area contributed by atoms with Gasteiger partial charge in [0.2, 0.25) is 0 Å². The molecule has 244 valence electrons. The average Bonchev–Trinajstić information content (AvgIpc) is 3.15. The molecule has 4 rings (SSSR count). The largest absolute Gasteiger partial charge is 0.490 e. The molecule has 2 aromatic rings. The van der Waals surface area contributed by atoms with E-state index >= 15 is 0 Å². The molecule has 0 atom stereocenters. The van der Waals surface area contributed by atoms with Gasteiger partial charge in [0.25, 0.3) is 0 Å². The summed E-state index contributed by atoms with van der Waals surface area (Å²) < 4.78 is 69.5. The van der Waals surface area contributed by atoms with E-state index in [1.165, 1.54) is 11.1 Å². The number of aromatic nitrogens is 1. The Bertz CT molecular complexity index is 1180. The smallest absolute Gasteiger partial charge is 0.475 e. The number of carbonyl (C=O) groups excluding carboxylic acids is 1. The third-order valence-corrected chi connectivity index (χ3v) is 6.88. The first-order chi connectivity index (χ1) is 20.5. The van der Waals surface area contributed by atoms with Gasteiger partial charge in [-0.25, -0.2) is 14.4 Å². The predicted octanol–water partition coefficient (Wildman–Crippen LogP) is 5.06. The number of rotatable bonds is 4. The molecule has 0 radical (unpaired) electrons. The second-order valence-electron chi connectivity index (χ2n) is 10.2. The Labute approximate surface area is 249 Å². The van der Waals surface area contributed by atoms with Gasteiger partial charge in [-0.1, -0.05) is 19.1 Å². The molecule has 1 aromatic carbocycles. The first kappa shape index (κ1) is 36.3. The zero-order valence-corrected chi connectivity index (χ0v) is 23.8. The molecule has 2 aliphatic heterocycles. The van der Waals surface area contributed by atoms with Gasteiger partial charge in [-0.3, -0.25) is 9.88 Å². The Balaban J connectivity index is 0.000000402. The summed E-state index contributed by atoms with van der Waals surface area (Å²) >= 11 is 0. The summed E-state index contributed by atoms with van der Waals surface area (Å²) in [6.07, 6.45) is -3.51. The van der Waals surface area contributed by atoms with E-state index in [4.69, 9.17) is 24.5 Å². The van der Waals surface area contributed by atoms with Crippen LogP contribution in [0.15, 0.2) is 48.8 Å². The monoisotopic (exact) mass is 636 g/mol. The van der Waals surface area contributed by atoms with Crippen LogP contribution in [-0.4, -0.2) is 94.7 Å². The summed E-state index contributed by atoms with van der Waals surface area (Å²) in [5.74, 6) is -5.51. The van der Waals surface area contributed by atoms with Crippen molar-refractivity contribution in [3.05, 3.63) is 59.9 Å². The second-order valence-corrected chi connectivity index (χ2v) is 10.2. The maximum absolute atomic E-state index is 12.7. The number of anilines is 1. The molecule has 2 aliphatic rings. The van der Waals surface area contributed by atoms with Crippen LogP contribution in [0.2, 0.25) is 0 Å². The van der Waals surface area contributed by atoms with Crippen LogP contribution in [0, 0.1) is 5.41 Å². The van der Waals surface area contributed by atoms with Gasteiger partial charge >= 0.3 is 30.3 Å². The third kappa shape index (κ3) is 12.4. The molecule has 1 aromatic heterocycles. The summed E-state index contributed by atoms with van der Waals surface area (Å²) in [7, 11) is 0. The molecule has 3 N–H and O–H groups in total. The Morgan fingerprint density at radius 3 is 1.89 bits per heavy atom. The number of hydrogen-bond acceptors (Lipinski definition) is 6. The van der Waals surface area contributed by atoms with Crippen molar-refractivity contribution in [2.24, 2.45) is 5.41 Å². The number of piperidine rings is 1. The van der Waals surface area contributed by atoms with E-state index in [9.17, 15) is 31.1 Å². The number of halogens is 6. The lowest BCUT2D eigenvalue weighted by Crippen LogP contribution is -2.49. The second kappa shape index (κ2) is 16.2. The van der Waals surface area contributed by atoms with Gasteiger partial charge in [0, 0.05) is 56.2 Å². The fourth-order valence-corrected chi connectivity index (χ4v) is 4.48. The topological polar surface area (TPSA) is 132 Å². The van der Waals surface area contributed by atoms with E-state index in [1.807, 2.05) is 29.4 Å². The Morgan fingerprint density at radius 1 is 0.886 bits per heavy atom. The van der Waals surface area contributed by atoms with Crippen LogP contribution in [0.3, 0.4) is 0 Å². The first-order valence-electron chi connectivity index (χ1n) is 13.5. The van der Waals surface area contributed by atoms with Crippen molar-refractivity contribution >= 4 is 23.7 Å². The normalized spacial score (nSPS) is 16.8. The summed E-state index contributed by atoms with van der Waals surface area (Å²) in [4.78, 5) is 39.1. The van der Waals surface area contributed by atoms with E-state index in [0.29, 0.717) is 0 Å². The van der Waals surface area contributed by atoms with Crippen molar-refractivity contribution < 1.29 is 55.7 Å². The van der Waals surface area contributed by atoms with Gasteiger partial charge < -0.3 is 25.2 Å². The number of nitrogens with one attached hydrogen (secondary N) is 1. The highest BCUT2D eigenvalue weighted by Gasteiger charge is 2.40. The maximum Gasteiger partial charge on any atom is 0.490 e. The molecular formula is C28H34F6N4O6. The number of likely N-dealkylation sites (tertiary alicyclic amines) is 1. The summed E-state index contributed by atoms with van der Waals surface area (Å²) in [5, 5.41) is 17.3. The fourth-order valence-electron chi connectivity index (χ4n) is 4.48. The van der Waals surface area contributed by atoms with Crippen LogP contribution in [0.5, 0.6) is 0 Å². The van der Waals surface area contributed by atoms with E-state index in [0.717, 1.165) is 70.9 Å². The first-order valence-corrected chi connectivity index (χ1v) is 13.5. The summed E-state index contributed by atoms with van der Waals surface area (Å²) in [6, 6.07) is 12.3. The highest BCUT2D eigenvalue weighted by atomic mass is 19.4. The molecular weight excluding hydrogens is 602 g/mol. The minimum absolute atomic E-state index is 0.00252. The molecule has 0 bridgehead atoms. The lowest BCUT2D eigenvalue weighted by Gasteiger charge is -2.42. The quantitative estimate of drug-likeness (QED) is 0.397. The minimum atomic E-state index is -5.08. The number of carbonyl (C=O) groups is 3. The molecule has 0 saturated carbocycles. The number of carboxylic acids is 2. The SMILES string of the molecule is CCc1ccc(NC(=O)N2CCC3(CC2)COCCN(Cc2ccncc2)C3)cc1.O=C(O)C(F)(F)F.O=C(O)C(F)(F)F. The molecule has 2 amide bonds. The fraction of sp³-hybridized carbons (Fsp3) is 0.500. The van der Waals surface area contributed by atoms with Gasteiger partial charge in [-0.05, 0) is 54.7 Å². The standard InChI is InChI=1S/C24H32N4O2.2C2HF3O2/c1-2-20-3-5-22(6-4-20)26-23(29)28-13-9-24(10-14-28)18-27(15-16-30-19-24)17-21-7-11-25-12-8-21;2*3-2(4,5)1(6)7/h3-8,11-12H,2,9-10,13-19H2,1H3,(H,26,29);2*(H,6,7). The van der Waals surface area contributed by atoms with Crippen molar-refractivity contribution in [1.29, 1.82) is 0 Å². The van der Waals surface area contributed by atoms with Crippen LogP contribution >= 0.6 is 0 Å². The number of benzene rings is 1. The number of alkyl halides is 6. The van der Waals surface area contributed by atoms with Crippen LogP contribution in [-0.2, 0) is 27.3 Å². The number of aryl methyl sites for hydroxylation is 1. The average molecular weight is 637 g/mol. The van der Waals surface area contributed by atoms with E-state index in [1.54, 1.807) is 0 Å². The molecule has 16 heteroatoms. The number of hydrogen-bond donors (Lipinski definition) is 3. The number of aliphatic carboxylic acids is 2. The molecule has 2 fully saturated rings. The lowest BCUT2D eigenvalue weighted by molar-refractivity contribution is -0.193. The molecule has 2 saturated heterocycles. The zero-order chi connectivity index (χ0) is 33.0. The van der Waals surface area contributed by atoms with E-state index in [-0.39, 0.29) is 11.4 Å². The van der Waals surface area contributed by atoms with Gasteiger partial charge in [0.15, 0.2) is 0 Å². The minimum Gasteiger partial charge on any atom is -0.475 e. The van der Waals surface area contributed by atoms with Gasteiger partial charge in [-0.2, -0.15) is 26.3 Å². The van der Waals surface area contributed by atoms with Gasteiger partial charge in [-0.15, -0.1) is 0 Å². The number of ether oxygens (including phenoxy) is 1. The van der Waals surface area contributed by atoms with E-state index < -0.39 is 24.3 Å². The summed E-state index contributed by atoms with van der Waals surface area (Å²) in [6.45, 7) is 8.11. The van der Waals surface area contributed by atoms with Crippen molar-refractivity contribution in [3.8, 4) is 0 Å². The van der Waals surface area contributed by atoms with Crippen LogP contribution in [0.1, 0.15) is 30.9 Å². The molecule has 10 nitrogen and oxygen atoms in total. The van der Waals surface area contributed by atoms with Crippen LogP contribution in [0.25, 0.3) is 0 Å². The van der Waals surface area contributed by atoms with Gasteiger partial charge in [0.1, 0.15) is 0 Å². The highest BCUT2D eigenvalue weighted by Crippen LogP contribution is 2.35. The number of amides is 2. The Kier molecular flexibility index (Phi) is 13.4. The molecule has 0 unspecified atom stereocenters. The Hall–Kier alpha value is -3.92. The number of nitrogens with zero attached hydrogens (tertiary/aromatic N) is 3. The lowest BCUT2D eigenvalue weighted by atomic mass is 9.78. The van der Waals surface area contributed by atoms with Crippen molar-refractivity contribution in [2.75, 3.05) is 44.7 Å². The maximum atomic E-state index is 12.7. The number of pyridine rings is 1.